The average Bonchev–Trinajstić information content (AvgIpc) is 3.40. The van der Waals surface area contributed by atoms with Gasteiger partial charge in [-0.25, -0.2) is 4.98 Å². The van der Waals surface area contributed by atoms with Gasteiger partial charge >= 0.3 is 6.61 Å². The molecule has 0 saturated heterocycles. The summed E-state index contributed by atoms with van der Waals surface area (Å²) in [6, 6.07) is 17.5. The lowest BCUT2D eigenvalue weighted by Crippen LogP contribution is -2.30. The van der Waals surface area contributed by atoms with Gasteiger partial charge in [0.25, 0.3) is 5.91 Å². The number of hydrogen-bond acceptors (Lipinski definition) is 5. The lowest BCUT2D eigenvalue weighted by atomic mass is 9.97. The molecule has 10 heteroatoms. The molecule has 2 aliphatic heterocycles. The van der Waals surface area contributed by atoms with E-state index in [4.69, 9.17) is 14.5 Å². The first kappa shape index (κ1) is 24.6. The first-order chi connectivity index (χ1) is 18.1. The van der Waals surface area contributed by atoms with Gasteiger partial charge in [0.15, 0.2) is 0 Å². The third-order valence-electron chi connectivity index (χ3n) is 7.14. The summed E-state index contributed by atoms with van der Waals surface area (Å²) in [5.74, 6) is 1.14. The number of halogens is 2. The van der Waals surface area contributed by atoms with Gasteiger partial charge in [-0.1, -0.05) is 24.3 Å². The summed E-state index contributed by atoms with van der Waals surface area (Å²) in [6.45, 7) is 0.368. The molecule has 3 heterocycles. The lowest BCUT2D eigenvalue weighted by molar-refractivity contribution is -0.0507. The Morgan fingerprint density at radius 3 is 2.50 bits per heavy atom. The van der Waals surface area contributed by atoms with Crippen LogP contribution in [0.25, 0.3) is 22.2 Å². The van der Waals surface area contributed by atoms with Gasteiger partial charge < -0.3 is 23.5 Å². The van der Waals surface area contributed by atoms with E-state index >= 15 is 0 Å². The molecule has 0 radical (unpaired) electrons. The van der Waals surface area contributed by atoms with Crippen LogP contribution in [0.4, 0.5) is 8.78 Å². The fourth-order valence-electron chi connectivity index (χ4n) is 5.43. The van der Waals surface area contributed by atoms with Gasteiger partial charge in [-0.2, -0.15) is 8.78 Å². The number of rotatable bonds is 6. The maximum atomic E-state index is 13.3. The number of nitrogens with zero attached hydrogens (tertiary/aromatic N) is 3. The molecule has 3 aromatic carbocycles. The van der Waals surface area contributed by atoms with Crippen molar-refractivity contribution in [1.82, 2.24) is 14.5 Å². The van der Waals surface area contributed by atoms with E-state index in [1.165, 1.54) is 6.07 Å². The van der Waals surface area contributed by atoms with Crippen molar-refractivity contribution in [3.8, 4) is 22.6 Å². The van der Waals surface area contributed by atoms with Gasteiger partial charge in [-0.15, -0.1) is 0 Å². The summed E-state index contributed by atoms with van der Waals surface area (Å²) in [6.07, 6.45) is 0.699. The minimum Gasteiger partial charge on any atom is -0.486 e. The Bertz CT molecular complexity index is 1610. The van der Waals surface area contributed by atoms with Crippen LogP contribution >= 0.6 is 7.14 Å². The molecule has 2 bridgehead atoms. The van der Waals surface area contributed by atoms with Crippen molar-refractivity contribution >= 4 is 24.1 Å². The highest BCUT2D eigenvalue weighted by atomic mass is 31.2. The predicted molar refractivity (Wildman–Crippen MR) is 141 cm³/mol. The van der Waals surface area contributed by atoms with Crippen LogP contribution in [0.3, 0.4) is 0 Å². The second-order valence-corrected chi connectivity index (χ2v) is 13.6. The van der Waals surface area contributed by atoms with Crippen LogP contribution in [0, 0.1) is 0 Å². The van der Waals surface area contributed by atoms with Crippen molar-refractivity contribution in [2.75, 3.05) is 26.7 Å². The van der Waals surface area contributed by atoms with Crippen molar-refractivity contribution in [2.24, 2.45) is 0 Å². The van der Waals surface area contributed by atoms with E-state index in [0.29, 0.717) is 23.3 Å². The number of imidazole rings is 1. The monoisotopic (exact) mass is 537 g/mol. The number of carbonyl (C=O) groups excluding carboxylic acids is 1. The second kappa shape index (κ2) is 8.95. The molecule has 0 N–H and O–H groups in total. The predicted octanol–water partition coefficient (Wildman–Crippen LogP) is 6.38. The largest absolute Gasteiger partial charge is 0.486 e. The smallest absolute Gasteiger partial charge is 0.387 e. The van der Waals surface area contributed by atoms with Gasteiger partial charge in [-0.3, -0.25) is 4.79 Å². The normalized spacial score (nSPS) is 18.5. The zero-order valence-corrected chi connectivity index (χ0v) is 22.0. The average molecular weight is 538 g/mol. The van der Waals surface area contributed by atoms with Gasteiger partial charge in [0.05, 0.1) is 23.1 Å². The zero-order valence-electron chi connectivity index (χ0n) is 21.1. The maximum Gasteiger partial charge on any atom is 0.387 e. The number of hydrogen-bond donors (Lipinski definition) is 0. The molecule has 0 saturated carbocycles. The van der Waals surface area contributed by atoms with Crippen LogP contribution in [0.15, 0.2) is 60.7 Å². The minimum atomic E-state index is -3.01. The molecule has 1 amide bonds. The summed E-state index contributed by atoms with van der Waals surface area (Å²) < 4.78 is 51.2. The molecule has 0 spiro atoms. The van der Waals surface area contributed by atoms with Crippen molar-refractivity contribution in [3.63, 3.8) is 0 Å². The minimum absolute atomic E-state index is 0.00930. The van der Waals surface area contributed by atoms with E-state index < -0.39 is 13.8 Å². The third-order valence-corrected chi connectivity index (χ3v) is 7.89. The first-order valence-electron chi connectivity index (χ1n) is 12.2. The summed E-state index contributed by atoms with van der Waals surface area (Å²) in [5.41, 5.74) is 4.34. The van der Waals surface area contributed by atoms with Crippen LogP contribution < -0.4 is 9.47 Å². The highest BCUT2D eigenvalue weighted by molar-refractivity contribution is 7.62. The molecule has 7 nitrogen and oxygen atoms in total. The van der Waals surface area contributed by atoms with Crippen molar-refractivity contribution in [2.45, 2.75) is 25.1 Å². The van der Waals surface area contributed by atoms with Crippen LogP contribution in [-0.2, 0) is 4.57 Å². The van der Waals surface area contributed by atoms with Gasteiger partial charge in [0, 0.05) is 24.6 Å². The third kappa shape index (κ3) is 4.15. The molecule has 2 unspecified atom stereocenters. The summed E-state index contributed by atoms with van der Waals surface area (Å²) in [7, 11) is -0.570. The van der Waals surface area contributed by atoms with Gasteiger partial charge in [0.2, 0.25) is 0 Å². The van der Waals surface area contributed by atoms with Crippen molar-refractivity contribution in [3.05, 3.63) is 77.6 Å². The Balaban J connectivity index is 1.44. The Morgan fingerprint density at radius 2 is 1.79 bits per heavy atom. The molecule has 2 atom stereocenters. The topological polar surface area (TPSA) is 73.7 Å². The van der Waals surface area contributed by atoms with Crippen LogP contribution in [-0.4, -0.2) is 53.7 Å². The molecule has 0 fully saturated rings. The van der Waals surface area contributed by atoms with Gasteiger partial charge in [0.1, 0.15) is 30.8 Å². The second-order valence-electron chi connectivity index (χ2n) is 10.2. The standard InChI is InChI=1S/C28H26F2N3O4P/c1-32-23-14-22(25-19(27(32)34)5-4-6-24(25)37-28(29)30)33-21-13-17(9-12-20(21)31-26(23)33)16-7-10-18(11-8-16)36-15-38(2,3)35/h4-13,22-23,28H,14-15H2,1-3H3. The number of amides is 1. The highest BCUT2D eigenvalue weighted by Gasteiger charge is 2.45. The number of aromatic nitrogens is 2. The molecule has 0 aliphatic carbocycles. The number of carbonyl (C=O) groups is 1. The van der Waals surface area contributed by atoms with E-state index in [-0.39, 0.29) is 30.1 Å². The van der Waals surface area contributed by atoms with E-state index in [1.54, 1.807) is 37.4 Å². The Kier molecular flexibility index (Phi) is 5.80. The van der Waals surface area contributed by atoms with E-state index in [1.807, 2.05) is 42.5 Å². The molecule has 6 rings (SSSR count). The highest BCUT2D eigenvalue weighted by Crippen LogP contribution is 2.50. The Morgan fingerprint density at radius 1 is 1.05 bits per heavy atom. The van der Waals surface area contributed by atoms with Gasteiger partial charge in [-0.05, 0) is 60.9 Å². The Hall–Kier alpha value is -3.71. The molecule has 196 valence electrons. The molecule has 4 aromatic rings. The SMILES string of the molecule is CN1C(=O)c2cccc(OC(F)F)c2C2CC1c1nc3ccc(-c4ccc(OCP(C)(C)=O)cc4)cc3n12. The number of alkyl halides is 2. The zero-order chi connectivity index (χ0) is 26.8. The molecule has 2 aliphatic rings. The van der Waals surface area contributed by atoms with Crippen LogP contribution in [0.2, 0.25) is 0 Å². The van der Waals surface area contributed by atoms with Crippen LogP contribution in [0.1, 0.15) is 40.3 Å². The summed E-state index contributed by atoms with van der Waals surface area (Å²) in [4.78, 5) is 19.8. The van der Waals surface area contributed by atoms with E-state index in [9.17, 15) is 18.1 Å². The molecular formula is C28H26F2N3O4P. The number of fused-ring (bicyclic) bond motifs is 9. The quantitative estimate of drug-likeness (QED) is 0.267. The van der Waals surface area contributed by atoms with E-state index in [0.717, 1.165) is 28.0 Å². The summed E-state index contributed by atoms with van der Waals surface area (Å²) >= 11 is 0. The fraction of sp³-hybridized carbons (Fsp3) is 0.286. The number of benzene rings is 3. The number of ether oxygens (including phenoxy) is 2. The molecule has 1 aromatic heterocycles. The van der Waals surface area contributed by atoms with E-state index in [2.05, 4.69) is 4.57 Å². The van der Waals surface area contributed by atoms with Crippen molar-refractivity contribution in [1.29, 1.82) is 0 Å². The first-order valence-corrected chi connectivity index (χ1v) is 15.0. The fourth-order valence-corrected chi connectivity index (χ4v) is 5.89. The van der Waals surface area contributed by atoms with Crippen molar-refractivity contribution < 1.29 is 27.6 Å². The maximum absolute atomic E-state index is 13.3. The molecule has 38 heavy (non-hydrogen) atoms. The Labute approximate surface area is 218 Å². The van der Waals surface area contributed by atoms with Crippen LogP contribution in [0.5, 0.6) is 11.5 Å². The summed E-state index contributed by atoms with van der Waals surface area (Å²) in [5, 5.41) is 0. The molecular weight excluding hydrogens is 511 g/mol. The lowest BCUT2D eigenvalue weighted by Gasteiger charge is -2.24.